The Labute approximate surface area is 125 Å². The molecule has 0 atom stereocenters. The molecule has 2 aromatic rings. The number of methoxy groups -OCH3 is 1. The first-order valence-corrected chi connectivity index (χ1v) is 6.86. The highest BCUT2D eigenvalue weighted by Gasteiger charge is 2.12. The van der Waals surface area contributed by atoms with E-state index in [1.165, 1.54) is 18.6 Å². The smallest absolute Gasteiger partial charge is 0.250 e. The van der Waals surface area contributed by atoms with Crippen LogP contribution in [0.4, 0.5) is 5.69 Å². The average molecular weight is 313 g/mol. The summed E-state index contributed by atoms with van der Waals surface area (Å²) in [5.74, 6) is -0.0931. The number of aromatic nitrogens is 2. The molecule has 0 radical (unpaired) electrons. The van der Waals surface area contributed by atoms with Gasteiger partial charge in [-0.25, -0.2) is 0 Å². The number of hydrogen-bond acceptors (Lipinski definition) is 6. The number of halogens is 1. The molecular weight excluding hydrogens is 300 g/mol. The van der Waals surface area contributed by atoms with Crippen LogP contribution in [0, 0.1) is 6.92 Å². The number of nitrogens with two attached hydrogens (primary N) is 1. The van der Waals surface area contributed by atoms with Gasteiger partial charge in [0.2, 0.25) is 5.88 Å². The summed E-state index contributed by atoms with van der Waals surface area (Å²) < 4.78 is 9.07. The Morgan fingerprint density at radius 1 is 1.60 bits per heavy atom. The first-order chi connectivity index (χ1) is 9.52. The molecule has 0 unspecified atom stereocenters. The van der Waals surface area contributed by atoms with E-state index in [1.54, 1.807) is 19.2 Å². The molecule has 0 aliphatic heterocycles. The van der Waals surface area contributed by atoms with Crippen molar-refractivity contribution in [3.05, 3.63) is 33.4 Å². The minimum absolute atomic E-state index is 0.392. The van der Waals surface area contributed by atoms with Gasteiger partial charge in [0.1, 0.15) is 5.02 Å². The molecule has 0 bridgehead atoms. The van der Waals surface area contributed by atoms with E-state index >= 15 is 0 Å². The second-order valence-corrected chi connectivity index (χ2v) is 5.24. The predicted molar refractivity (Wildman–Crippen MR) is 78.5 cm³/mol. The molecule has 2 heterocycles. The highest BCUT2D eigenvalue weighted by molar-refractivity contribution is 7.06. The zero-order valence-corrected chi connectivity index (χ0v) is 12.5. The van der Waals surface area contributed by atoms with Crippen LogP contribution in [0.15, 0.2) is 12.3 Å². The van der Waals surface area contributed by atoms with Gasteiger partial charge in [-0.1, -0.05) is 11.6 Å². The fourth-order valence-corrected chi connectivity index (χ4v) is 2.60. The van der Waals surface area contributed by atoms with E-state index in [2.05, 4.69) is 14.7 Å². The molecule has 0 aromatic carbocycles. The summed E-state index contributed by atoms with van der Waals surface area (Å²) in [6.45, 7) is 2.19. The SMILES string of the molecule is COc1nsc(CNc2cnc(C)c(C(N)=O)c2)c1Cl. The summed E-state index contributed by atoms with van der Waals surface area (Å²) in [5, 5.41) is 3.61. The van der Waals surface area contributed by atoms with Crippen molar-refractivity contribution in [3.8, 4) is 5.88 Å². The zero-order chi connectivity index (χ0) is 14.7. The average Bonchev–Trinajstić information content (AvgIpc) is 2.78. The summed E-state index contributed by atoms with van der Waals surface area (Å²) in [7, 11) is 1.52. The molecule has 0 aliphatic carbocycles. The predicted octanol–water partition coefficient (Wildman–Crippen LogP) is 2.22. The Morgan fingerprint density at radius 3 is 2.95 bits per heavy atom. The molecule has 0 fully saturated rings. The molecule has 2 aromatic heterocycles. The fraction of sp³-hybridized carbons (Fsp3) is 0.250. The zero-order valence-electron chi connectivity index (χ0n) is 10.9. The van der Waals surface area contributed by atoms with Crippen LogP contribution in [0.3, 0.4) is 0 Å². The van der Waals surface area contributed by atoms with E-state index < -0.39 is 5.91 Å². The van der Waals surface area contributed by atoms with Crippen molar-refractivity contribution in [2.24, 2.45) is 5.73 Å². The number of carbonyl (C=O) groups excluding carboxylic acids is 1. The lowest BCUT2D eigenvalue weighted by Crippen LogP contribution is -2.14. The Balaban J connectivity index is 2.13. The van der Waals surface area contributed by atoms with Gasteiger partial charge < -0.3 is 15.8 Å². The Bertz CT molecular complexity index is 644. The lowest BCUT2D eigenvalue weighted by Gasteiger charge is -2.07. The Hall–Kier alpha value is -1.86. The summed E-state index contributed by atoms with van der Waals surface area (Å²) in [4.78, 5) is 16.2. The van der Waals surface area contributed by atoms with E-state index in [4.69, 9.17) is 22.1 Å². The molecular formula is C12H13ClN4O2S. The summed E-state index contributed by atoms with van der Waals surface area (Å²) >= 11 is 7.34. The molecule has 3 N–H and O–H groups in total. The quantitative estimate of drug-likeness (QED) is 0.883. The number of carbonyl (C=O) groups is 1. The van der Waals surface area contributed by atoms with Crippen LogP contribution in [-0.4, -0.2) is 22.4 Å². The maximum atomic E-state index is 11.3. The van der Waals surface area contributed by atoms with Crippen LogP contribution < -0.4 is 15.8 Å². The van der Waals surface area contributed by atoms with Gasteiger partial charge in [0.15, 0.2) is 0 Å². The number of nitrogens with zero attached hydrogens (tertiary/aromatic N) is 2. The van der Waals surface area contributed by atoms with Gasteiger partial charge >= 0.3 is 0 Å². The van der Waals surface area contributed by atoms with Crippen molar-refractivity contribution in [1.29, 1.82) is 0 Å². The molecule has 0 spiro atoms. The molecule has 8 heteroatoms. The first kappa shape index (κ1) is 14.5. The van der Waals surface area contributed by atoms with Gasteiger partial charge in [0, 0.05) is 0 Å². The van der Waals surface area contributed by atoms with Gasteiger partial charge in [0.25, 0.3) is 5.91 Å². The maximum Gasteiger partial charge on any atom is 0.250 e. The largest absolute Gasteiger partial charge is 0.479 e. The van der Waals surface area contributed by atoms with E-state index in [0.29, 0.717) is 34.4 Å². The molecule has 2 rings (SSSR count). The number of hydrogen-bond donors (Lipinski definition) is 2. The Morgan fingerprint density at radius 2 is 2.35 bits per heavy atom. The van der Waals surface area contributed by atoms with Crippen LogP contribution in [0.5, 0.6) is 5.88 Å². The molecule has 6 nitrogen and oxygen atoms in total. The number of primary amides is 1. The maximum absolute atomic E-state index is 11.3. The van der Waals surface area contributed by atoms with E-state index in [9.17, 15) is 4.79 Å². The standard InChI is InChI=1S/C12H13ClN4O2S/c1-6-8(11(14)18)3-7(4-15-6)16-5-9-10(13)12(19-2)17-20-9/h3-4,16H,5H2,1-2H3,(H2,14,18). The molecule has 1 amide bonds. The van der Waals surface area contributed by atoms with Gasteiger partial charge in [-0.2, -0.15) is 4.37 Å². The van der Waals surface area contributed by atoms with Gasteiger partial charge in [-0.15, -0.1) is 0 Å². The number of rotatable bonds is 5. The second kappa shape index (κ2) is 6.06. The number of nitrogens with one attached hydrogen (secondary N) is 1. The lowest BCUT2D eigenvalue weighted by atomic mass is 10.2. The van der Waals surface area contributed by atoms with Gasteiger partial charge in [-0.3, -0.25) is 9.78 Å². The van der Waals surface area contributed by atoms with Crippen molar-refractivity contribution < 1.29 is 9.53 Å². The third-order valence-electron chi connectivity index (χ3n) is 2.67. The summed E-state index contributed by atoms with van der Waals surface area (Å²) in [6, 6.07) is 1.66. The van der Waals surface area contributed by atoms with Crippen molar-refractivity contribution >= 4 is 34.7 Å². The monoisotopic (exact) mass is 312 g/mol. The normalized spacial score (nSPS) is 10.3. The van der Waals surface area contributed by atoms with Gasteiger partial charge in [-0.05, 0) is 24.5 Å². The summed E-state index contributed by atoms with van der Waals surface area (Å²) in [5.41, 5.74) is 6.96. The van der Waals surface area contributed by atoms with Crippen LogP contribution in [-0.2, 0) is 6.54 Å². The fourth-order valence-electron chi connectivity index (χ4n) is 1.59. The topological polar surface area (TPSA) is 90.1 Å². The van der Waals surface area contributed by atoms with Gasteiger partial charge in [0.05, 0.1) is 41.7 Å². The van der Waals surface area contributed by atoms with Crippen molar-refractivity contribution in [2.45, 2.75) is 13.5 Å². The molecule has 20 heavy (non-hydrogen) atoms. The van der Waals surface area contributed by atoms with Crippen LogP contribution >= 0.6 is 23.1 Å². The molecule has 106 valence electrons. The number of amides is 1. The Kier molecular flexibility index (Phi) is 4.41. The van der Waals surface area contributed by atoms with Crippen molar-refractivity contribution in [1.82, 2.24) is 9.36 Å². The van der Waals surface area contributed by atoms with Crippen molar-refractivity contribution in [2.75, 3.05) is 12.4 Å². The number of aryl methyl sites for hydroxylation is 1. The highest BCUT2D eigenvalue weighted by Crippen LogP contribution is 2.31. The van der Waals surface area contributed by atoms with Crippen LogP contribution in [0.2, 0.25) is 5.02 Å². The minimum atomic E-state index is -0.504. The first-order valence-electron chi connectivity index (χ1n) is 5.71. The molecule has 0 saturated carbocycles. The van der Waals surface area contributed by atoms with E-state index in [0.717, 1.165) is 4.88 Å². The van der Waals surface area contributed by atoms with Crippen LogP contribution in [0.1, 0.15) is 20.9 Å². The molecule has 0 saturated heterocycles. The summed E-state index contributed by atoms with van der Waals surface area (Å²) in [6.07, 6.45) is 1.63. The molecule has 0 aliphatic rings. The van der Waals surface area contributed by atoms with E-state index in [1.807, 2.05) is 0 Å². The minimum Gasteiger partial charge on any atom is -0.479 e. The number of pyridine rings is 1. The highest BCUT2D eigenvalue weighted by atomic mass is 35.5. The van der Waals surface area contributed by atoms with Crippen molar-refractivity contribution in [3.63, 3.8) is 0 Å². The number of anilines is 1. The van der Waals surface area contributed by atoms with E-state index in [-0.39, 0.29) is 0 Å². The third kappa shape index (κ3) is 3.00. The second-order valence-electron chi connectivity index (χ2n) is 4.00. The third-order valence-corrected chi connectivity index (χ3v) is 4.00. The van der Waals surface area contributed by atoms with Crippen LogP contribution in [0.25, 0.3) is 0 Å². The number of ether oxygens (including phenoxy) is 1. The lowest BCUT2D eigenvalue weighted by molar-refractivity contribution is 0.0999.